The van der Waals surface area contributed by atoms with Crippen molar-refractivity contribution in [3.8, 4) is 0 Å². The van der Waals surface area contributed by atoms with Crippen LogP contribution in [0.25, 0.3) is 0 Å². The molecule has 74 valence electrons. The summed E-state index contributed by atoms with van der Waals surface area (Å²) in [5.74, 6) is 0.194. The van der Waals surface area contributed by atoms with Crippen LogP contribution in [0.3, 0.4) is 0 Å². The molecule has 7 nitrogen and oxygen atoms in total. The molecule has 0 aromatic carbocycles. The fraction of sp³-hybridized carbons (Fsp3) is 0.286. The van der Waals surface area contributed by atoms with Crippen molar-refractivity contribution in [3.63, 3.8) is 0 Å². The minimum atomic E-state index is -0.250. The van der Waals surface area contributed by atoms with Gasteiger partial charge in [0.25, 0.3) is 0 Å². The maximum absolute atomic E-state index is 8.66. The minimum absolute atomic E-state index is 0.194. The first-order valence-corrected chi connectivity index (χ1v) is 4.03. The van der Waals surface area contributed by atoms with E-state index in [0.717, 1.165) is 5.56 Å². The number of anilines is 1. The summed E-state index contributed by atoms with van der Waals surface area (Å²) in [7, 11) is 0. The van der Waals surface area contributed by atoms with E-state index >= 15 is 0 Å². The van der Waals surface area contributed by atoms with Crippen molar-refractivity contribution in [2.75, 3.05) is 5.32 Å². The van der Waals surface area contributed by atoms with E-state index in [1.165, 1.54) is 0 Å². The maximum atomic E-state index is 8.66. The van der Waals surface area contributed by atoms with Gasteiger partial charge in [-0.25, -0.2) is 0 Å². The Bertz CT molecular complexity index is 382. The second-order valence-electron chi connectivity index (χ2n) is 2.62. The Balaban J connectivity index is 1.92. The van der Waals surface area contributed by atoms with Gasteiger partial charge in [-0.2, -0.15) is 5.10 Å². The van der Waals surface area contributed by atoms with Crippen LogP contribution in [0.5, 0.6) is 0 Å². The number of aliphatic hydroxyl groups excluding tert-OH is 1. The molecule has 0 amide bonds. The Kier molecular flexibility index (Phi) is 2.41. The van der Waals surface area contributed by atoms with E-state index in [1.54, 1.807) is 12.4 Å². The maximum Gasteiger partial charge on any atom is 0.315 e. The summed E-state index contributed by atoms with van der Waals surface area (Å²) in [5.41, 5.74) is 0.980. The van der Waals surface area contributed by atoms with Gasteiger partial charge in [0.05, 0.1) is 6.20 Å². The summed E-state index contributed by atoms with van der Waals surface area (Å²) >= 11 is 0. The summed E-state index contributed by atoms with van der Waals surface area (Å²) in [6, 6.07) is 0.287. The van der Waals surface area contributed by atoms with Gasteiger partial charge in [0.2, 0.25) is 5.89 Å². The largest absolute Gasteiger partial charge is 0.406 e. The van der Waals surface area contributed by atoms with Crippen molar-refractivity contribution in [1.29, 1.82) is 0 Å². The van der Waals surface area contributed by atoms with Crippen LogP contribution in [0.15, 0.2) is 16.8 Å². The van der Waals surface area contributed by atoms with Crippen LogP contribution in [0.4, 0.5) is 6.01 Å². The summed E-state index contributed by atoms with van der Waals surface area (Å²) in [5, 5.41) is 25.3. The van der Waals surface area contributed by atoms with Crippen molar-refractivity contribution in [1.82, 2.24) is 20.4 Å². The molecule has 2 aromatic heterocycles. The zero-order chi connectivity index (χ0) is 9.80. The van der Waals surface area contributed by atoms with Crippen LogP contribution in [0.1, 0.15) is 11.5 Å². The normalized spacial score (nSPS) is 10.4. The van der Waals surface area contributed by atoms with E-state index in [0.29, 0.717) is 6.54 Å². The summed E-state index contributed by atoms with van der Waals surface area (Å²) in [4.78, 5) is 0. The molecule has 0 bridgehead atoms. The van der Waals surface area contributed by atoms with Crippen LogP contribution < -0.4 is 5.32 Å². The molecule has 2 heterocycles. The summed E-state index contributed by atoms with van der Waals surface area (Å²) in [6.45, 7) is 0.296. The standard InChI is InChI=1S/C7H9N5O2/c13-4-6-11-12-7(14-6)8-1-5-2-9-10-3-5/h2-3,13H,1,4H2,(H,8,12)(H,9,10). The van der Waals surface area contributed by atoms with Crippen molar-refractivity contribution in [3.05, 3.63) is 23.8 Å². The number of aromatic nitrogens is 4. The highest BCUT2D eigenvalue weighted by Crippen LogP contribution is 2.06. The van der Waals surface area contributed by atoms with Gasteiger partial charge in [-0.15, -0.1) is 5.10 Å². The molecular formula is C7H9N5O2. The Hall–Kier alpha value is -1.89. The fourth-order valence-corrected chi connectivity index (χ4v) is 0.941. The van der Waals surface area contributed by atoms with Gasteiger partial charge >= 0.3 is 6.01 Å². The molecule has 3 N–H and O–H groups in total. The third-order valence-electron chi connectivity index (χ3n) is 1.60. The average Bonchev–Trinajstić information content (AvgIpc) is 2.86. The van der Waals surface area contributed by atoms with E-state index in [4.69, 9.17) is 9.52 Å². The third-order valence-corrected chi connectivity index (χ3v) is 1.60. The second kappa shape index (κ2) is 3.88. The topological polar surface area (TPSA) is 99.9 Å². The molecule has 0 unspecified atom stereocenters. The SMILES string of the molecule is OCc1nnc(NCc2cn[nH]c2)o1. The van der Waals surface area contributed by atoms with E-state index in [2.05, 4.69) is 25.7 Å². The number of hydrogen-bond acceptors (Lipinski definition) is 6. The molecule has 0 aliphatic heterocycles. The van der Waals surface area contributed by atoms with Crippen LogP contribution in [0, 0.1) is 0 Å². The lowest BCUT2D eigenvalue weighted by molar-refractivity contribution is 0.241. The molecule has 0 atom stereocenters. The summed E-state index contributed by atoms with van der Waals surface area (Å²) in [6.07, 6.45) is 3.45. The highest BCUT2D eigenvalue weighted by molar-refractivity contribution is 5.20. The van der Waals surface area contributed by atoms with Crippen LogP contribution in [-0.2, 0) is 13.2 Å². The fourth-order valence-electron chi connectivity index (χ4n) is 0.941. The highest BCUT2D eigenvalue weighted by atomic mass is 16.4. The number of hydrogen-bond donors (Lipinski definition) is 3. The van der Waals surface area contributed by atoms with Crippen LogP contribution in [-0.4, -0.2) is 25.5 Å². The zero-order valence-electron chi connectivity index (χ0n) is 7.27. The monoisotopic (exact) mass is 195 g/mol. The Morgan fingerprint density at radius 2 is 2.43 bits per heavy atom. The first kappa shape index (κ1) is 8.70. The highest BCUT2D eigenvalue weighted by Gasteiger charge is 2.03. The molecule has 0 spiro atoms. The Labute approximate surface area is 79.2 Å². The number of nitrogens with zero attached hydrogens (tertiary/aromatic N) is 3. The van der Waals surface area contributed by atoms with Gasteiger partial charge in [0, 0.05) is 18.3 Å². The molecule has 7 heteroatoms. The smallest absolute Gasteiger partial charge is 0.315 e. The van der Waals surface area contributed by atoms with E-state index in [-0.39, 0.29) is 18.5 Å². The zero-order valence-corrected chi connectivity index (χ0v) is 7.27. The molecule has 0 saturated carbocycles. The molecule has 2 aromatic rings. The van der Waals surface area contributed by atoms with E-state index in [1.807, 2.05) is 0 Å². The lowest BCUT2D eigenvalue weighted by Crippen LogP contribution is -1.98. The van der Waals surface area contributed by atoms with E-state index in [9.17, 15) is 0 Å². The van der Waals surface area contributed by atoms with E-state index < -0.39 is 0 Å². The van der Waals surface area contributed by atoms with Gasteiger partial charge in [-0.3, -0.25) is 5.10 Å². The average molecular weight is 195 g/mol. The third kappa shape index (κ3) is 1.88. The molecule has 0 aliphatic carbocycles. The lowest BCUT2D eigenvalue weighted by atomic mass is 10.4. The number of rotatable bonds is 4. The molecular weight excluding hydrogens is 186 g/mol. The van der Waals surface area contributed by atoms with Crippen LogP contribution >= 0.6 is 0 Å². The quantitative estimate of drug-likeness (QED) is 0.629. The molecule has 0 aliphatic rings. The lowest BCUT2D eigenvalue weighted by Gasteiger charge is -1.95. The van der Waals surface area contributed by atoms with Gasteiger partial charge in [0.1, 0.15) is 6.61 Å². The Morgan fingerprint density at radius 1 is 1.50 bits per heavy atom. The van der Waals surface area contributed by atoms with Crippen LogP contribution in [0.2, 0.25) is 0 Å². The first-order chi connectivity index (χ1) is 6.88. The predicted molar refractivity (Wildman–Crippen MR) is 46.1 cm³/mol. The summed E-state index contributed by atoms with van der Waals surface area (Å²) < 4.78 is 5.02. The molecule has 0 radical (unpaired) electrons. The minimum Gasteiger partial charge on any atom is -0.406 e. The predicted octanol–water partition coefficient (Wildman–Crippen LogP) is -0.103. The number of nitrogens with one attached hydrogen (secondary N) is 2. The number of aliphatic hydroxyl groups is 1. The first-order valence-electron chi connectivity index (χ1n) is 4.03. The van der Waals surface area contributed by atoms with Crippen molar-refractivity contribution >= 4 is 6.01 Å². The van der Waals surface area contributed by atoms with Gasteiger partial charge in [0.15, 0.2) is 0 Å². The molecule has 2 rings (SSSR count). The molecule has 0 fully saturated rings. The second-order valence-corrected chi connectivity index (χ2v) is 2.62. The van der Waals surface area contributed by atoms with Crippen molar-refractivity contribution < 1.29 is 9.52 Å². The van der Waals surface area contributed by atoms with Crippen molar-refractivity contribution in [2.45, 2.75) is 13.2 Å². The van der Waals surface area contributed by atoms with Gasteiger partial charge in [-0.05, 0) is 0 Å². The number of H-pyrrole nitrogens is 1. The Morgan fingerprint density at radius 3 is 3.07 bits per heavy atom. The van der Waals surface area contributed by atoms with Gasteiger partial charge in [-0.1, -0.05) is 5.10 Å². The van der Waals surface area contributed by atoms with Gasteiger partial charge < -0.3 is 14.8 Å². The molecule has 0 saturated heterocycles. The van der Waals surface area contributed by atoms with Crippen molar-refractivity contribution in [2.24, 2.45) is 0 Å². The number of aromatic amines is 1. The molecule has 14 heavy (non-hydrogen) atoms.